The molecule has 0 aliphatic heterocycles. The van der Waals surface area contributed by atoms with E-state index in [1.165, 1.54) is 0 Å². The van der Waals surface area contributed by atoms with E-state index in [2.05, 4.69) is 16.6 Å². The normalized spacial score (nSPS) is 11.5. The average Bonchev–Trinajstić information content (AvgIpc) is 2.25. The van der Waals surface area contributed by atoms with E-state index in [1.54, 1.807) is 44.2 Å². The molecule has 0 amide bonds. The summed E-state index contributed by atoms with van der Waals surface area (Å²) in [6.45, 7) is 7.69. The molecule has 1 aromatic carbocycles. The summed E-state index contributed by atoms with van der Waals surface area (Å²) < 4.78 is 26.7. The first-order chi connectivity index (χ1) is 7.97. The van der Waals surface area contributed by atoms with Gasteiger partial charge < -0.3 is 5.32 Å². The van der Waals surface area contributed by atoms with Gasteiger partial charge in [0.25, 0.3) is 0 Å². The highest BCUT2D eigenvalue weighted by molar-refractivity contribution is 7.89. The quantitative estimate of drug-likeness (QED) is 0.763. The number of hydrogen-bond acceptors (Lipinski definition) is 3. The molecule has 0 aliphatic rings. The Morgan fingerprint density at radius 2 is 2.00 bits per heavy atom. The van der Waals surface area contributed by atoms with Crippen LogP contribution in [0.15, 0.2) is 41.8 Å². The number of sulfonamides is 1. The van der Waals surface area contributed by atoms with Gasteiger partial charge in [-0.2, -0.15) is 0 Å². The average molecular weight is 254 g/mol. The van der Waals surface area contributed by atoms with Gasteiger partial charge in [-0.25, -0.2) is 13.1 Å². The lowest BCUT2D eigenvalue weighted by Crippen LogP contribution is -2.30. The van der Waals surface area contributed by atoms with E-state index in [9.17, 15) is 8.42 Å². The van der Waals surface area contributed by atoms with Gasteiger partial charge >= 0.3 is 0 Å². The number of benzene rings is 1. The monoisotopic (exact) mass is 254 g/mol. The second kappa shape index (κ2) is 5.84. The third kappa shape index (κ3) is 3.87. The van der Waals surface area contributed by atoms with E-state index < -0.39 is 10.0 Å². The highest BCUT2D eigenvalue weighted by atomic mass is 32.2. The van der Waals surface area contributed by atoms with Crippen LogP contribution in [0, 0.1) is 0 Å². The molecule has 1 rings (SSSR count). The van der Waals surface area contributed by atoms with Crippen LogP contribution >= 0.6 is 0 Å². The summed E-state index contributed by atoms with van der Waals surface area (Å²) in [6, 6.07) is 6.68. The summed E-state index contributed by atoms with van der Waals surface area (Å²) >= 11 is 0. The first-order valence-electron chi connectivity index (χ1n) is 5.43. The molecule has 0 heterocycles. The van der Waals surface area contributed by atoms with Crippen LogP contribution in [-0.4, -0.2) is 21.0 Å². The lowest BCUT2D eigenvalue weighted by atomic mass is 10.3. The smallest absolute Gasteiger partial charge is 0.242 e. The molecular weight excluding hydrogens is 236 g/mol. The van der Waals surface area contributed by atoms with E-state index >= 15 is 0 Å². The Morgan fingerprint density at radius 3 is 2.59 bits per heavy atom. The van der Waals surface area contributed by atoms with Crippen LogP contribution in [0.3, 0.4) is 0 Å². The van der Waals surface area contributed by atoms with E-state index in [0.717, 1.165) is 0 Å². The van der Waals surface area contributed by atoms with Crippen molar-refractivity contribution in [3.63, 3.8) is 0 Å². The third-order valence-corrected chi connectivity index (χ3v) is 3.72. The number of hydrogen-bond donors (Lipinski definition) is 2. The van der Waals surface area contributed by atoms with E-state index in [0.29, 0.717) is 12.2 Å². The summed E-state index contributed by atoms with van der Waals surface area (Å²) in [5, 5.41) is 3.01. The van der Waals surface area contributed by atoms with Gasteiger partial charge in [0.05, 0.1) is 5.69 Å². The standard InChI is InChI=1S/C12H18N2O2S/c1-4-9-13-11-7-5-6-8-12(11)17(15,16)14-10(2)3/h4-8,10,13-14H,1,9H2,2-3H3. The van der Waals surface area contributed by atoms with Crippen molar-refractivity contribution in [3.8, 4) is 0 Å². The molecule has 0 fully saturated rings. The minimum Gasteiger partial charge on any atom is -0.380 e. The Bertz CT molecular complexity index is 481. The largest absolute Gasteiger partial charge is 0.380 e. The van der Waals surface area contributed by atoms with Crippen molar-refractivity contribution in [2.24, 2.45) is 0 Å². The molecular formula is C12H18N2O2S. The fourth-order valence-electron chi connectivity index (χ4n) is 1.40. The molecule has 0 saturated carbocycles. The van der Waals surface area contributed by atoms with Crippen LogP contribution in [0.4, 0.5) is 5.69 Å². The van der Waals surface area contributed by atoms with Crippen LogP contribution in [0.25, 0.3) is 0 Å². The van der Waals surface area contributed by atoms with Crippen molar-refractivity contribution in [2.45, 2.75) is 24.8 Å². The lowest BCUT2D eigenvalue weighted by molar-refractivity contribution is 0.570. The molecule has 0 atom stereocenters. The molecule has 4 nitrogen and oxygen atoms in total. The first-order valence-corrected chi connectivity index (χ1v) is 6.92. The zero-order valence-corrected chi connectivity index (χ0v) is 10.9. The first kappa shape index (κ1) is 13.7. The van der Waals surface area contributed by atoms with E-state index in [-0.39, 0.29) is 10.9 Å². The maximum atomic E-state index is 12.0. The Hall–Kier alpha value is -1.33. The number of rotatable bonds is 6. The molecule has 94 valence electrons. The van der Waals surface area contributed by atoms with E-state index in [4.69, 9.17) is 0 Å². The molecule has 0 aliphatic carbocycles. The molecule has 0 radical (unpaired) electrons. The number of nitrogens with one attached hydrogen (secondary N) is 2. The van der Waals surface area contributed by atoms with Gasteiger partial charge in [0, 0.05) is 12.6 Å². The van der Waals surface area contributed by atoms with Crippen LogP contribution in [-0.2, 0) is 10.0 Å². The molecule has 0 aromatic heterocycles. The van der Waals surface area contributed by atoms with Crippen molar-refractivity contribution in [1.29, 1.82) is 0 Å². The van der Waals surface area contributed by atoms with Crippen molar-refractivity contribution in [1.82, 2.24) is 4.72 Å². The highest BCUT2D eigenvalue weighted by Gasteiger charge is 2.18. The minimum absolute atomic E-state index is 0.132. The number of para-hydroxylation sites is 1. The lowest BCUT2D eigenvalue weighted by Gasteiger charge is -2.13. The predicted molar refractivity (Wildman–Crippen MR) is 70.6 cm³/mol. The summed E-state index contributed by atoms with van der Waals surface area (Å²) in [4.78, 5) is 0.260. The molecule has 0 spiro atoms. The van der Waals surface area contributed by atoms with Gasteiger partial charge in [-0.15, -0.1) is 6.58 Å². The highest BCUT2D eigenvalue weighted by Crippen LogP contribution is 2.20. The molecule has 0 saturated heterocycles. The Balaban J connectivity index is 3.08. The SMILES string of the molecule is C=CCNc1ccccc1S(=O)(=O)NC(C)C. The topological polar surface area (TPSA) is 58.2 Å². The second-order valence-corrected chi connectivity index (χ2v) is 5.62. The molecule has 17 heavy (non-hydrogen) atoms. The minimum atomic E-state index is -3.47. The van der Waals surface area contributed by atoms with Crippen molar-refractivity contribution < 1.29 is 8.42 Å². The summed E-state index contributed by atoms with van der Waals surface area (Å²) in [5.41, 5.74) is 0.584. The third-order valence-electron chi connectivity index (χ3n) is 2.00. The maximum absolute atomic E-state index is 12.0. The fourth-order valence-corrected chi connectivity index (χ4v) is 2.84. The van der Waals surface area contributed by atoms with Crippen LogP contribution in [0.5, 0.6) is 0 Å². The van der Waals surface area contributed by atoms with Crippen molar-refractivity contribution in [2.75, 3.05) is 11.9 Å². The second-order valence-electron chi connectivity index (χ2n) is 3.94. The maximum Gasteiger partial charge on any atom is 0.242 e. The van der Waals surface area contributed by atoms with Crippen LogP contribution in [0.2, 0.25) is 0 Å². The summed E-state index contributed by atoms with van der Waals surface area (Å²) in [7, 11) is -3.47. The Labute approximate surface area is 103 Å². The van der Waals surface area contributed by atoms with E-state index in [1.807, 2.05) is 0 Å². The van der Waals surface area contributed by atoms with Gasteiger partial charge in [0.15, 0.2) is 0 Å². The van der Waals surface area contributed by atoms with Gasteiger partial charge in [0.1, 0.15) is 4.90 Å². The zero-order chi connectivity index (χ0) is 12.9. The van der Waals surface area contributed by atoms with Crippen LogP contribution in [0.1, 0.15) is 13.8 Å². The van der Waals surface area contributed by atoms with Gasteiger partial charge in [0.2, 0.25) is 10.0 Å². The van der Waals surface area contributed by atoms with Crippen molar-refractivity contribution >= 4 is 15.7 Å². The molecule has 2 N–H and O–H groups in total. The fraction of sp³-hybridized carbons (Fsp3) is 0.333. The van der Waals surface area contributed by atoms with Gasteiger partial charge in [-0.1, -0.05) is 18.2 Å². The van der Waals surface area contributed by atoms with Crippen molar-refractivity contribution in [3.05, 3.63) is 36.9 Å². The number of anilines is 1. The Morgan fingerprint density at radius 1 is 1.35 bits per heavy atom. The van der Waals surface area contributed by atoms with Gasteiger partial charge in [-0.05, 0) is 26.0 Å². The molecule has 0 bridgehead atoms. The van der Waals surface area contributed by atoms with Gasteiger partial charge in [-0.3, -0.25) is 0 Å². The molecule has 1 aromatic rings. The summed E-state index contributed by atoms with van der Waals surface area (Å²) in [6.07, 6.45) is 1.68. The summed E-state index contributed by atoms with van der Waals surface area (Å²) in [5.74, 6) is 0. The molecule has 5 heteroatoms. The molecule has 0 unspecified atom stereocenters. The van der Waals surface area contributed by atoms with Crippen LogP contribution < -0.4 is 10.0 Å². The predicted octanol–water partition coefficient (Wildman–Crippen LogP) is 1.97. The Kier molecular flexibility index (Phi) is 4.72. The zero-order valence-electron chi connectivity index (χ0n) is 10.1.